The van der Waals surface area contributed by atoms with Crippen LogP contribution in [0.15, 0.2) is 52.2 Å². The fraction of sp³-hybridized carbons (Fsp3) is 0.273. The molecule has 0 radical (unpaired) electrons. The molecule has 3 aromatic heterocycles. The number of thiophene rings is 1. The Morgan fingerprint density at radius 3 is 2.82 bits per heavy atom. The average Bonchev–Trinajstić information content (AvgIpc) is 3.55. The van der Waals surface area contributed by atoms with E-state index in [-0.39, 0.29) is 5.91 Å². The third kappa shape index (κ3) is 4.17. The van der Waals surface area contributed by atoms with Gasteiger partial charge in [-0.1, -0.05) is 18.2 Å². The first-order chi connectivity index (χ1) is 15.8. The van der Waals surface area contributed by atoms with Gasteiger partial charge in [-0.2, -0.15) is 0 Å². The number of thiazole rings is 1. The normalized spacial score (nSPS) is 15.5. The standard InChI is InChI=1S/C22H23N5O3S3/c1-25-8-9-27(14-19(25)28)13-16-12-23-22(32-16)17-11-15-5-3-6-18(21(15)24-17)26(2)33(29,30)20-7-4-10-31-20/h3-7,10-12,24H,8-9,13-14H2,1-2H3. The van der Waals surface area contributed by atoms with E-state index in [9.17, 15) is 13.2 Å². The van der Waals surface area contributed by atoms with Crippen molar-refractivity contribution in [1.82, 2.24) is 19.8 Å². The molecule has 11 heteroatoms. The second-order valence-electron chi connectivity index (χ2n) is 7.99. The molecular formula is C22H23N5O3S3. The number of piperazine rings is 1. The molecule has 1 aromatic carbocycles. The fourth-order valence-electron chi connectivity index (χ4n) is 3.86. The van der Waals surface area contributed by atoms with Crippen LogP contribution in [-0.2, 0) is 21.4 Å². The van der Waals surface area contributed by atoms with Crippen LogP contribution in [0.4, 0.5) is 5.69 Å². The molecule has 0 aliphatic carbocycles. The van der Waals surface area contributed by atoms with Crippen molar-refractivity contribution < 1.29 is 13.2 Å². The first-order valence-electron chi connectivity index (χ1n) is 10.4. The number of nitrogens with zero attached hydrogens (tertiary/aromatic N) is 4. The highest BCUT2D eigenvalue weighted by Gasteiger charge is 2.25. The number of sulfonamides is 1. The van der Waals surface area contributed by atoms with E-state index in [4.69, 9.17) is 0 Å². The Hall–Kier alpha value is -2.73. The summed E-state index contributed by atoms with van der Waals surface area (Å²) in [7, 11) is -0.230. The van der Waals surface area contributed by atoms with Crippen LogP contribution in [0.5, 0.6) is 0 Å². The van der Waals surface area contributed by atoms with Crippen molar-refractivity contribution in [2.45, 2.75) is 10.8 Å². The molecule has 1 amide bonds. The topological polar surface area (TPSA) is 89.6 Å². The van der Waals surface area contributed by atoms with Gasteiger partial charge in [0.15, 0.2) is 0 Å². The van der Waals surface area contributed by atoms with Crippen molar-refractivity contribution in [3.8, 4) is 10.7 Å². The second kappa shape index (κ2) is 8.56. The fourth-order valence-corrected chi connectivity index (χ4v) is 7.15. The maximum Gasteiger partial charge on any atom is 0.273 e. The van der Waals surface area contributed by atoms with Crippen LogP contribution in [0.1, 0.15) is 4.88 Å². The molecule has 33 heavy (non-hydrogen) atoms. The maximum absolute atomic E-state index is 13.0. The molecular weight excluding hydrogens is 478 g/mol. The second-order valence-corrected chi connectivity index (χ2v) is 12.2. The summed E-state index contributed by atoms with van der Waals surface area (Å²) >= 11 is 2.78. The van der Waals surface area contributed by atoms with Crippen molar-refractivity contribution in [2.75, 3.05) is 38.0 Å². The number of aromatic amines is 1. The van der Waals surface area contributed by atoms with Crippen LogP contribution in [0.2, 0.25) is 0 Å². The van der Waals surface area contributed by atoms with Gasteiger partial charge in [0.2, 0.25) is 5.91 Å². The molecule has 1 aliphatic rings. The molecule has 0 atom stereocenters. The lowest BCUT2D eigenvalue weighted by molar-refractivity contribution is -0.134. The van der Waals surface area contributed by atoms with Crippen LogP contribution in [0, 0.1) is 0 Å². The van der Waals surface area contributed by atoms with Crippen molar-refractivity contribution in [3.63, 3.8) is 0 Å². The molecule has 172 valence electrons. The lowest BCUT2D eigenvalue weighted by Crippen LogP contribution is -2.47. The van der Waals surface area contributed by atoms with Gasteiger partial charge in [0.1, 0.15) is 9.22 Å². The van der Waals surface area contributed by atoms with E-state index >= 15 is 0 Å². The highest BCUT2D eigenvalue weighted by molar-refractivity contribution is 7.94. The summed E-state index contributed by atoms with van der Waals surface area (Å²) in [5.41, 5.74) is 2.17. The van der Waals surface area contributed by atoms with Crippen LogP contribution >= 0.6 is 22.7 Å². The number of carbonyl (C=O) groups excluding carboxylic acids is 1. The Bertz CT molecular complexity index is 1410. The van der Waals surface area contributed by atoms with Gasteiger partial charge in [0.05, 0.1) is 23.4 Å². The number of hydrogen-bond acceptors (Lipinski definition) is 7. The first kappa shape index (κ1) is 22.1. The highest BCUT2D eigenvalue weighted by Crippen LogP contribution is 2.34. The summed E-state index contributed by atoms with van der Waals surface area (Å²) in [4.78, 5) is 24.9. The summed E-state index contributed by atoms with van der Waals surface area (Å²) in [6.07, 6.45) is 1.85. The molecule has 8 nitrogen and oxygen atoms in total. The first-order valence-corrected chi connectivity index (χ1v) is 13.5. The highest BCUT2D eigenvalue weighted by atomic mass is 32.2. The number of anilines is 1. The van der Waals surface area contributed by atoms with Crippen molar-refractivity contribution in [1.29, 1.82) is 0 Å². The molecule has 0 saturated carbocycles. The monoisotopic (exact) mass is 501 g/mol. The number of para-hydroxylation sites is 1. The molecule has 0 unspecified atom stereocenters. The molecule has 1 aliphatic heterocycles. The molecule has 0 spiro atoms. The molecule has 4 aromatic rings. The maximum atomic E-state index is 13.0. The van der Waals surface area contributed by atoms with Gasteiger partial charge < -0.3 is 9.88 Å². The number of nitrogens with one attached hydrogen (secondary N) is 1. The molecule has 1 N–H and O–H groups in total. The summed E-state index contributed by atoms with van der Waals surface area (Å²) in [6.45, 7) is 2.68. The lowest BCUT2D eigenvalue weighted by Gasteiger charge is -2.31. The molecule has 1 fully saturated rings. The zero-order valence-electron chi connectivity index (χ0n) is 18.2. The van der Waals surface area contributed by atoms with E-state index in [0.717, 1.165) is 39.6 Å². The molecule has 5 rings (SSSR count). The number of benzene rings is 1. The minimum absolute atomic E-state index is 0.135. The Morgan fingerprint density at radius 1 is 1.21 bits per heavy atom. The van der Waals surface area contributed by atoms with Gasteiger partial charge in [-0.25, -0.2) is 13.4 Å². The van der Waals surface area contributed by atoms with Gasteiger partial charge in [-0.15, -0.1) is 22.7 Å². The minimum Gasteiger partial charge on any atom is -0.351 e. The Labute approximate surface area is 200 Å². The van der Waals surface area contributed by atoms with Crippen LogP contribution in [0.25, 0.3) is 21.6 Å². The number of amides is 1. The number of H-pyrrole nitrogens is 1. The summed E-state index contributed by atoms with van der Waals surface area (Å²) in [5, 5.41) is 3.50. The quantitative estimate of drug-likeness (QED) is 0.437. The Morgan fingerprint density at radius 2 is 2.06 bits per heavy atom. The Balaban J connectivity index is 1.41. The van der Waals surface area contributed by atoms with E-state index < -0.39 is 10.0 Å². The smallest absolute Gasteiger partial charge is 0.273 e. The zero-order chi connectivity index (χ0) is 23.2. The van der Waals surface area contributed by atoms with Crippen molar-refractivity contribution in [2.24, 2.45) is 0 Å². The number of fused-ring (bicyclic) bond motifs is 1. The predicted octanol–water partition coefficient (Wildman–Crippen LogP) is 3.45. The van der Waals surface area contributed by atoms with Gasteiger partial charge in [-0.05, 0) is 23.6 Å². The summed E-state index contributed by atoms with van der Waals surface area (Å²) in [5.74, 6) is 0.135. The van der Waals surface area contributed by atoms with E-state index in [0.29, 0.717) is 23.0 Å². The lowest BCUT2D eigenvalue weighted by atomic mass is 10.2. The largest absolute Gasteiger partial charge is 0.351 e. The van der Waals surface area contributed by atoms with E-state index in [1.807, 2.05) is 31.4 Å². The number of carbonyl (C=O) groups is 1. The van der Waals surface area contributed by atoms with Crippen LogP contribution < -0.4 is 4.31 Å². The SMILES string of the molecule is CN1CCN(Cc2cnc(-c3cc4cccc(N(C)S(=O)(=O)c5cccs5)c4[nH]3)s2)CC1=O. The third-order valence-corrected chi connectivity index (χ3v) is 9.94. The molecule has 1 saturated heterocycles. The van der Waals surface area contributed by atoms with Gasteiger partial charge in [-0.3, -0.25) is 14.0 Å². The van der Waals surface area contributed by atoms with E-state index in [2.05, 4.69) is 14.9 Å². The molecule has 0 bridgehead atoms. The number of likely N-dealkylation sites (N-methyl/N-ethyl adjacent to an activating group) is 1. The average molecular weight is 502 g/mol. The van der Waals surface area contributed by atoms with Gasteiger partial charge in [0, 0.05) is 50.2 Å². The predicted molar refractivity (Wildman–Crippen MR) is 132 cm³/mol. The Kier molecular flexibility index (Phi) is 5.73. The van der Waals surface area contributed by atoms with Gasteiger partial charge >= 0.3 is 0 Å². The van der Waals surface area contributed by atoms with Crippen molar-refractivity contribution >= 4 is 55.2 Å². The van der Waals surface area contributed by atoms with Crippen LogP contribution in [0.3, 0.4) is 0 Å². The van der Waals surface area contributed by atoms with E-state index in [1.165, 1.54) is 15.6 Å². The summed E-state index contributed by atoms with van der Waals surface area (Å²) < 4.78 is 27.7. The summed E-state index contributed by atoms with van der Waals surface area (Å²) in [6, 6.07) is 10.9. The van der Waals surface area contributed by atoms with E-state index in [1.54, 1.807) is 46.9 Å². The number of hydrogen-bond donors (Lipinski definition) is 1. The third-order valence-electron chi connectivity index (χ3n) is 5.78. The number of rotatable bonds is 6. The van der Waals surface area contributed by atoms with Crippen LogP contribution in [-0.4, -0.2) is 67.8 Å². The zero-order valence-corrected chi connectivity index (χ0v) is 20.6. The van der Waals surface area contributed by atoms with Crippen molar-refractivity contribution in [3.05, 3.63) is 52.9 Å². The van der Waals surface area contributed by atoms with Gasteiger partial charge in [0.25, 0.3) is 10.0 Å². The number of aromatic nitrogens is 2. The minimum atomic E-state index is -3.63. The molecule has 4 heterocycles.